The van der Waals surface area contributed by atoms with Gasteiger partial charge in [-0.1, -0.05) is 18.2 Å². The van der Waals surface area contributed by atoms with Crippen molar-refractivity contribution < 1.29 is 5.11 Å². The highest BCUT2D eigenvalue weighted by molar-refractivity contribution is 7.10. The third kappa shape index (κ3) is 2.47. The van der Waals surface area contributed by atoms with Gasteiger partial charge in [-0.2, -0.15) is 0 Å². The van der Waals surface area contributed by atoms with Crippen molar-refractivity contribution in [1.29, 1.82) is 0 Å². The molecule has 0 spiro atoms. The quantitative estimate of drug-likeness (QED) is 0.685. The van der Waals surface area contributed by atoms with Crippen LogP contribution in [0.25, 0.3) is 11.0 Å². The van der Waals surface area contributed by atoms with E-state index in [0.717, 1.165) is 15.9 Å². The summed E-state index contributed by atoms with van der Waals surface area (Å²) in [5, 5.41) is 15.5. The molecule has 0 radical (unpaired) electrons. The molecule has 1 aromatic carbocycles. The van der Waals surface area contributed by atoms with Crippen LogP contribution in [0.4, 0.5) is 5.95 Å². The summed E-state index contributed by atoms with van der Waals surface area (Å²) in [6, 6.07) is 11.7. The zero-order valence-corrected chi connectivity index (χ0v) is 11.4. The fourth-order valence-electron chi connectivity index (χ4n) is 1.96. The van der Waals surface area contributed by atoms with E-state index in [9.17, 15) is 5.11 Å². The van der Waals surface area contributed by atoms with Crippen LogP contribution in [0, 0.1) is 0 Å². The molecule has 0 bridgehead atoms. The number of benzene rings is 1. The number of fused-ring (bicyclic) bond motifs is 1. The molecule has 0 aliphatic carbocycles. The maximum Gasteiger partial charge on any atom is 0.201 e. The van der Waals surface area contributed by atoms with E-state index < -0.39 is 5.60 Å². The number of anilines is 1. The zero-order chi connectivity index (χ0) is 13.3. The molecule has 5 heteroatoms. The molecule has 1 atom stereocenters. The van der Waals surface area contributed by atoms with E-state index in [-0.39, 0.29) is 0 Å². The second-order valence-corrected chi connectivity index (χ2v) is 5.65. The van der Waals surface area contributed by atoms with Gasteiger partial charge in [0.2, 0.25) is 5.95 Å². The number of nitrogens with zero attached hydrogens (tertiary/aromatic N) is 1. The van der Waals surface area contributed by atoms with Crippen LogP contribution in [0.15, 0.2) is 41.8 Å². The summed E-state index contributed by atoms with van der Waals surface area (Å²) in [5.41, 5.74) is 1.01. The van der Waals surface area contributed by atoms with Crippen LogP contribution in [0.3, 0.4) is 0 Å². The Balaban J connectivity index is 1.75. The summed E-state index contributed by atoms with van der Waals surface area (Å²) in [5.74, 6) is 0.679. The SMILES string of the molecule is CC(O)(CNc1nc2ccccc2[nH]1)c1cccs1. The average Bonchev–Trinajstić information content (AvgIpc) is 3.05. The lowest BCUT2D eigenvalue weighted by molar-refractivity contribution is 0.0753. The molecule has 3 rings (SSSR count). The molecule has 19 heavy (non-hydrogen) atoms. The summed E-state index contributed by atoms with van der Waals surface area (Å²) in [6.07, 6.45) is 0. The van der Waals surface area contributed by atoms with E-state index in [0.29, 0.717) is 12.5 Å². The molecule has 1 unspecified atom stereocenters. The van der Waals surface area contributed by atoms with Gasteiger partial charge in [0.05, 0.1) is 17.6 Å². The third-order valence-corrected chi connectivity index (χ3v) is 4.16. The monoisotopic (exact) mass is 273 g/mol. The summed E-state index contributed by atoms with van der Waals surface area (Å²) in [4.78, 5) is 8.55. The topological polar surface area (TPSA) is 60.9 Å². The Kier molecular flexibility index (Phi) is 3.00. The maximum atomic E-state index is 10.4. The van der Waals surface area contributed by atoms with E-state index >= 15 is 0 Å². The largest absolute Gasteiger partial charge is 0.383 e. The standard InChI is InChI=1S/C14H15N3OS/c1-14(18,12-7-4-8-19-12)9-15-13-16-10-5-2-3-6-11(10)17-13/h2-8,18H,9H2,1H3,(H2,15,16,17). The van der Waals surface area contributed by atoms with Gasteiger partial charge < -0.3 is 15.4 Å². The zero-order valence-electron chi connectivity index (χ0n) is 10.6. The Morgan fingerprint density at radius 3 is 2.89 bits per heavy atom. The van der Waals surface area contributed by atoms with Crippen molar-refractivity contribution in [2.24, 2.45) is 0 Å². The lowest BCUT2D eigenvalue weighted by atomic mass is 10.1. The van der Waals surface area contributed by atoms with Crippen molar-refractivity contribution in [1.82, 2.24) is 9.97 Å². The molecule has 0 saturated heterocycles. The Morgan fingerprint density at radius 1 is 1.32 bits per heavy atom. The molecule has 2 aromatic heterocycles. The maximum absolute atomic E-state index is 10.4. The van der Waals surface area contributed by atoms with E-state index in [1.807, 2.05) is 41.8 Å². The smallest absolute Gasteiger partial charge is 0.201 e. The fraction of sp³-hybridized carbons (Fsp3) is 0.214. The second kappa shape index (κ2) is 4.68. The van der Waals surface area contributed by atoms with Gasteiger partial charge in [-0.25, -0.2) is 4.98 Å². The Hall–Kier alpha value is -1.85. The van der Waals surface area contributed by atoms with Crippen LogP contribution in [0.2, 0.25) is 0 Å². The van der Waals surface area contributed by atoms with Gasteiger partial charge in [0.1, 0.15) is 5.60 Å². The number of hydrogen-bond donors (Lipinski definition) is 3. The summed E-state index contributed by atoms with van der Waals surface area (Å²) in [6.45, 7) is 2.21. The van der Waals surface area contributed by atoms with Crippen molar-refractivity contribution >= 4 is 28.3 Å². The number of H-pyrrole nitrogens is 1. The fourth-order valence-corrected chi connectivity index (χ4v) is 2.75. The van der Waals surface area contributed by atoms with Crippen molar-refractivity contribution in [3.8, 4) is 0 Å². The van der Waals surface area contributed by atoms with E-state index in [4.69, 9.17) is 0 Å². The van der Waals surface area contributed by atoms with E-state index in [2.05, 4.69) is 15.3 Å². The lowest BCUT2D eigenvalue weighted by Gasteiger charge is -2.21. The molecule has 0 saturated carbocycles. The molecule has 3 N–H and O–H groups in total. The minimum Gasteiger partial charge on any atom is -0.383 e. The Labute approximate surface area is 115 Å². The molecule has 0 amide bonds. The summed E-state index contributed by atoms with van der Waals surface area (Å²) >= 11 is 1.55. The number of aliphatic hydroxyl groups is 1. The van der Waals surface area contributed by atoms with Gasteiger partial charge in [0.15, 0.2) is 0 Å². The van der Waals surface area contributed by atoms with Gasteiger partial charge in [0.25, 0.3) is 0 Å². The van der Waals surface area contributed by atoms with Crippen molar-refractivity contribution in [2.45, 2.75) is 12.5 Å². The van der Waals surface area contributed by atoms with Gasteiger partial charge in [0, 0.05) is 4.88 Å². The number of thiophene rings is 1. The molecular weight excluding hydrogens is 258 g/mol. The molecule has 0 fully saturated rings. The Morgan fingerprint density at radius 2 is 2.16 bits per heavy atom. The minimum atomic E-state index is -0.896. The van der Waals surface area contributed by atoms with Gasteiger partial charge in [-0.15, -0.1) is 11.3 Å². The minimum absolute atomic E-state index is 0.410. The highest BCUT2D eigenvalue weighted by Crippen LogP contribution is 2.25. The predicted molar refractivity (Wildman–Crippen MR) is 78.5 cm³/mol. The number of aromatic nitrogens is 2. The van der Waals surface area contributed by atoms with Crippen LogP contribution in [-0.4, -0.2) is 21.6 Å². The first-order chi connectivity index (χ1) is 9.15. The molecule has 2 heterocycles. The van der Waals surface area contributed by atoms with Crippen molar-refractivity contribution in [3.05, 3.63) is 46.7 Å². The number of rotatable bonds is 4. The third-order valence-electron chi connectivity index (χ3n) is 3.04. The number of aromatic amines is 1. The summed E-state index contributed by atoms with van der Waals surface area (Å²) < 4.78 is 0. The van der Waals surface area contributed by atoms with Crippen LogP contribution in [-0.2, 0) is 5.60 Å². The predicted octanol–water partition coefficient (Wildman–Crippen LogP) is 2.94. The molecule has 0 aliphatic rings. The van der Waals surface area contributed by atoms with Gasteiger partial charge in [-0.3, -0.25) is 0 Å². The highest BCUT2D eigenvalue weighted by Gasteiger charge is 2.24. The summed E-state index contributed by atoms with van der Waals surface area (Å²) in [7, 11) is 0. The number of para-hydroxylation sites is 2. The van der Waals surface area contributed by atoms with E-state index in [1.165, 1.54) is 0 Å². The van der Waals surface area contributed by atoms with Gasteiger partial charge >= 0.3 is 0 Å². The van der Waals surface area contributed by atoms with Gasteiger partial charge in [-0.05, 0) is 30.5 Å². The number of hydrogen-bond acceptors (Lipinski definition) is 4. The van der Waals surface area contributed by atoms with Crippen LogP contribution in [0.5, 0.6) is 0 Å². The second-order valence-electron chi connectivity index (χ2n) is 4.71. The molecule has 98 valence electrons. The van der Waals surface area contributed by atoms with Crippen molar-refractivity contribution in [2.75, 3.05) is 11.9 Å². The van der Waals surface area contributed by atoms with Crippen LogP contribution < -0.4 is 5.32 Å². The average molecular weight is 273 g/mol. The number of nitrogens with one attached hydrogen (secondary N) is 2. The molecule has 3 aromatic rings. The van der Waals surface area contributed by atoms with Crippen molar-refractivity contribution in [3.63, 3.8) is 0 Å². The first-order valence-corrected chi connectivity index (χ1v) is 6.98. The molecular formula is C14H15N3OS. The first-order valence-electron chi connectivity index (χ1n) is 6.10. The highest BCUT2D eigenvalue weighted by atomic mass is 32.1. The Bertz CT molecular complexity index is 640. The lowest BCUT2D eigenvalue weighted by Crippen LogP contribution is -2.30. The van der Waals surface area contributed by atoms with E-state index in [1.54, 1.807) is 18.3 Å². The molecule has 0 aliphatic heterocycles. The van der Waals surface area contributed by atoms with Crippen LogP contribution in [0.1, 0.15) is 11.8 Å². The normalized spacial score (nSPS) is 14.4. The molecule has 4 nitrogen and oxygen atoms in total. The first kappa shape index (κ1) is 12.2. The number of imidazole rings is 1. The van der Waals surface area contributed by atoms with Crippen LogP contribution >= 0.6 is 11.3 Å².